The van der Waals surface area contributed by atoms with Gasteiger partial charge in [0.05, 0.1) is 28.6 Å². The van der Waals surface area contributed by atoms with Gasteiger partial charge in [0, 0.05) is 0 Å². The second kappa shape index (κ2) is 5.18. The average Bonchev–Trinajstić information content (AvgIpc) is 2.45. The van der Waals surface area contributed by atoms with E-state index in [1.165, 1.54) is 0 Å². The zero-order valence-corrected chi connectivity index (χ0v) is 13.0. The van der Waals surface area contributed by atoms with Gasteiger partial charge in [0.15, 0.2) is 9.84 Å². The number of anilines is 1. The van der Waals surface area contributed by atoms with E-state index in [0.29, 0.717) is 11.3 Å². The number of halogens is 1. The zero-order chi connectivity index (χ0) is 14.2. The van der Waals surface area contributed by atoms with Crippen molar-refractivity contribution in [1.29, 1.82) is 0 Å². The normalized spacial score (nSPS) is 20.1. The Morgan fingerprint density at radius 1 is 1.20 bits per heavy atom. The molecule has 2 aromatic rings. The van der Waals surface area contributed by atoms with E-state index in [4.69, 9.17) is 0 Å². The molecule has 1 unspecified atom stereocenters. The SMILES string of the molecule is O=S1(=O)CCC(Nc2ccc(Br)nc2)c2ccccc21. The van der Waals surface area contributed by atoms with Gasteiger partial charge in [-0.25, -0.2) is 13.4 Å². The van der Waals surface area contributed by atoms with Gasteiger partial charge >= 0.3 is 0 Å². The van der Waals surface area contributed by atoms with Crippen LogP contribution in [0.5, 0.6) is 0 Å². The van der Waals surface area contributed by atoms with E-state index in [-0.39, 0.29) is 11.8 Å². The molecule has 0 bridgehead atoms. The third-order valence-corrected chi connectivity index (χ3v) is 5.66. The number of rotatable bonds is 2. The third kappa shape index (κ3) is 2.58. The maximum Gasteiger partial charge on any atom is 0.178 e. The van der Waals surface area contributed by atoms with Crippen molar-refractivity contribution in [3.8, 4) is 0 Å². The van der Waals surface area contributed by atoms with Gasteiger partial charge in [-0.05, 0) is 46.1 Å². The van der Waals surface area contributed by atoms with Crippen molar-refractivity contribution in [3.63, 3.8) is 0 Å². The average molecular weight is 353 g/mol. The summed E-state index contributed by atoms with van der Waals surface area (Å²) in [6.07, 6.45) is 2.30. The lowest BCUT2D eigenvalue weighted by molar-refractivity contribution is 0.576. The van der Waals surface area contributed by atoms with Gasteiger partial charge in [0.25, 0.3) is 0 Å². The molecule has 3 rings (SSSR count). The molecule has 0 radical (unpaired) electrons. The molecule has 0 amide bonds. The summed E-state index contributed by atoms with van der Waals surface area (Å²) in [5.41, 5.74) is 1.72. The van der Waals surface area contributed by atoms with Crippen molar-refractivity contribution in [2.24, 2.45) is 0 Å². The van der Waals surface area contributed by atoms with Crippen LogP contribution in [0.25, 0.3) is 0 Å². The van der Waals surface area contributed by atoms with Crippen molar-refractivity contribution in [2.45, 2.75) is 17.4 Å². The number of fused-ring (bicyclic) bond motifs is 1. The minimum atomic E-state index is -3.14. The molecule has 1 aliphatic heterocycles. The summed E-state index contributed by atoms with van der Waals surface area (Å²) >= 11 is 3.29. The van der Waals surface area contributed by atoms with Gasteiger partial charge in [-0.1, -0.05) is 18.2 Å². The van der Waals surface area contributed by atoms with Crippen LogP contribution in [0.15, 0.2) is 52.1 Å². The molecule has 1 atom stereocenters. The molecule has 20 heavy (non-hydrogen) atoms. The molecule has 0 fully saturated rings. The number of aromatic nitrogens is 1. The molecule has 4 nitrogen and oxygen atoms in total. The fraction of sp³-hybridized carbons (Fsp3) is 0.214. The fourth-order valence-corrected chi connectivity index (χ4v) is 4.26. The summed E-state index contributed by atoms with van der Waals surface area (Å²) in [6, 6.07) is 11.0. The van der Waals surface area contributed by atoms with Crippen molar-refractivity contribution in [3.05, 3.63) is 52.8 Å². The van der Waals surface area contributed by atoms with Crippen molar-refractivity contribution >= 4 is 31.5 Å². The first-order chi connectivity index (χ1) is 9.56. The van der Waals surface area contributed by atoms with E-state index in [9.17, 15) is 8.42 Å². The first-order valence-electron chi connectivity index (χ1n) is 6.26. The van der Waals surface area contributed by atoms with Gasteiger partial charge in [-0.3, -0.25) is 0 Å². The lowest BCUT2D eigenvalue weighted by Gasteiger charge is -2.26. The van der Waals surface area contributed by atoms with Crippen molar-refractivity contribution in [2.75, 3.05) is 11.1 Å². The highest BCUT2D eigenvalue weighted by Gasteiger charge is 2.29. The molecule has 0 aliphatic carbocycles. The Kier molecular flexibility index (Phi) is 3.52. The summed E-state index contributed by atoms with van der Waals surface area (Å²) in [6.45, 7) is 0. The predicted octanol–water partition coefficient (Wildman–Crippen LogP) is 3.17. The van der Waals surface area contributed by atoms with E-state index in [0.717, 1.165) is 15.9 Å². The number of nitrogens with one attached hydrogen (secondary N) is 1. The Morgan fingerprint density at radius 3 is 2.75 bits per heavy atom. The van der Waals surface area contributed by atoms with Gasteiger partial charge in [0.2, 0.25) is 0 Å². The molecule has 104 valence electrons. The Balaban J connectivity index is 1.94. The van der Waals surface area contributed by atoms with Crippen LogP contribution in [-0.4, -0.2) is 19.2 Å². The Morgan fingerprint density at radius 2 is 2.00 bits per heavy atom. The van der Waals surface area contributed by atoms with Gasteiger partial charge in [-0.15, -0.1) is 0 Å². The predicted molar refractivity (Wildman–Crippen MR) is 81.4 cm³/mol. The molecule has 6 heteroatoms. The van der Waals surface area contributed by atoms with Crippen LogP contribution in [0.3, 0.4) is 0 Å². The lowest BCUT2D eigenvalue weighted by atomic mass is 10.0. The number of sulfone groups is 1. The monoisotopic (exact) mass is 352 g/mol. The largest absolute Gasteiger partial charge is 0.377 e. The van der Waals surface area contributed by atoms with Crippen LogP contribution in [0.1, 0.15) is 18.0 Å². The molecule has 0 saturated heterocycles. The summed E-state index contributed by atoms with van der Waals surface area (Å²) in [4.78, 5) is 4.60. The van der Waals surface area contributed by atoms with Crippen LogP contribution in [-0.2, 0) is 9.84 Å². The number of pyridine rings is 1. The maximum absolute atomic E-state index is 12.1. The maximum atomic E-state index is 12.1. The Hall–Kier alpha value is -1.40. The van der Waals surface area contributed by atoms with E-state index in [1.54, 1.807) is 18.3 Å². The molecule has 0 spiro atoms. The number of hydrogen-bond acceptors (Lipinski definition) is 4. The molecule has 1 aromatic carbocycles. The van der Waals surface area contributed by atoms with Crippen LogP contribution >= 0.6 is 15.9 Å². The standard InChI is InChI=1S/C14H13BrN2O2S/c15-14-6-5-10(9-16-14)17-12-7-8-20(18,19)13-4-2-1-3-11(12)13/h1-6,9,12,17H,7-8H2. The molecular formula is C14H13BrN2O2S. The summed E-state index contributed by atoms with van der Waals surface area (Å²) in [5.74, 6) is 0.172. The van der Waals surface area contributed by atoms with Crippen molar-refractivity contribution in [1.82, 2.24) is 4.98 Å². The first kappa shape index (κ1) is 13.6. The quantitative estimate of drug-likeness (QED) is 0.843. The zero-order valence-electron chi connectivity index (χ0n) is 10.6. The highest BCUT2D eigenvalue weighted by molar-refractivity contribution is 9.10. The van der Waals surface area contributed by atoms with Crippen LogP contribution in [0, 0.1) is 0 Å². The van der Waals surface area contributed by atoms with E-state index < -0.39 is 9.84 Å². The molecule has 1 aromatic heterocycles. The van der Waals surface area contributed by atoms with Crippen LogP contribution < -0.4 is 5.32 Å². The Bertz CT molecular complexity index is 729. The molecular weight excluding hydrogens is 340 g/mol. The van der Waals surface area contributed by atoms with Crippen LogP contribution in [0.2, 0.25) is 0 Å². The molecule has 1 N–H and O–H groups in total. The van der Waals surface area contributed by atoms with Gasteiger partial charge in [0.1, 0.15) is 4.60 Å². The summed E-state index contributed by atoms with van der Waals surface area (Å²) in [5, 5.41) is 3.35. The van der Waals surface area contributed by atoms with E-state index in [2.05, 4.69) is 26.2 Å². The van der Waals surface area contributed by atoms with Crippen molar-refractivity contribution < 1.29 is 8.42 Å². The smallest absolute Gasteiger partial charge is 0.178 e. The van der Waals surface area contributed by atoms with Crippen LogP contribution in [0.4, 0.5) is 5.69 Å². The second-order valence-corrected chi connectivity index (χ2v) is 7.60. The minimum Gasteiger partial charge on any atom is -0.377 e. The Labute approximate surface area is 126 Å². The van der Waals surface area contributed by atoms with E-state index in [1.807, 2.05) is 24.3 Å². The molecule has 2 heterocycles. The molecule has 0 saturated carbocycles. The highest BCUT2D eigenvalue weighted by Crippen LogP contribution is 2.34. The number of benzene rings is 1. The first-order valence-corrected chi connectivity index (χ1v) is 8.70. The minimum absolute atomic E-state index is 0.00213. The third-order valence-electron chi connectivity index (χ3n) is 3.37. The fourth-order valence-electron chi connectivity index (χ4n) is 2.40. The summed E-state index contributed by atoms with van der Waals surface area (Å²) in [7, 11) is -3.14. The summed E-state index contributed by atoms with van der Waals surface area (Å²) < 4.78 is 24.9. The molecule has 1 aliphatic rings. The number of nitrogens with zero attached hydrogens (tertiary/aromatic N) is 1. The highest BCUT2D eigenvalue weighted by atomic mass is 79.9. The topological polar surface area (TPSA) is 59.1 Å². The lowest BCUT2D eigenvalue weighted by Crippen LogP contribution is -2.24. The second-order valence-electron chi connectivity index (χ2n) is 4.71. The van der Waals surface area contributed by atoms with E-state index >= 15 is 0 Å². The van der Waals surface area contributed by atoms with Gasteiger partial charge in [-0.2, -0.15) is 0 Å². The van der Waals surface area contributed by atoms with Gasteiger partial charge < -0.3 is 5.32 Å². The number of hydrogen-bond donors (Lipinski definition) is 1.